The molecule has 2 fully saturated rings. The number of hydrogen-bond acceptors (Lipinski definition) is 5. The summed E-state index contributed by atoms with van der Waals surface area (Å²) in [6.45, 7) is 1.59. The van der Waals surface area contributed by atoms with E-state index in [1.54, 1.807) is 11.0 Å². The van der Waals surface area contributed by atoms with Gasteiger partial charge in [-0.2, -0.15) is 0 Å². The molecule has 0 aliphatic carbocycles. The van der Waals surface area contributed by atoms with E-state index in [0.29, 0.717) is 24.0 Å². The molecule has 3 unspecified atom stereocenters. The minimum absolute atomic E-state index is 0.0408. The van der Waals surface area contributed by atoms with E-state index in [1.807, 2.05) is 17.2 Å². The van der Waals surface area contributed by atoms with E-state index in [0.717, 1.165) is 25.0 Å². The van der Waals surface area contributed by atoms with Crippen LogP contribution in [0.25, 0.3) is 0 Å². The van der Waals surface area contributed by atoms with Gasteiger partial charge < -0.3 is 19.6 Å². The molecule has 1 N–H and O–H groups in total. The van der Waals surface area contributed by atoms with Crippen LogP contribution in [0.2, 0.25) is 0 Å². The second-order valence-electron chi connectivity index (χ2n) is 8.10. The molecule has 0 spiro atoms. The molecule has 0 aromatic heterocycles. The lowest BCUT2D eigenvalue weighted by Crippen LogP contribution is -2.31. The first-order valence-corrected chi connectivity index (χ1v) is 11.3. The fourth-order valence-corrected chi connectivity index (χ4v) is 5.23. The third-order valence-corrected chi connectivity index (χ3v) is 6.80. The number of likely N-dealkylation sites (N-methyl/N-ethyl adjacent to an activating group) is 1. The van der Waals surface area contributed by atoms with Crippen molar-refractivity contribution in [3.05, 3.63) is 40.5 Å². The molecule has 0 bridgehead atoms. The Balaban J connectivity index is 1.73. The molecule has 3 aliphatic rings. The van der Waals surface area contributed by atoms with E-state index in [1.165, 1.54) is 6.07 Å². The number of alkyl halides is 4. The molecule has 2 saturated heterocycles. The van der Waals surface area contributed by atoms with Crippen LogP contribution in [0.4, 0.5) is 24.5 Å². The predicted octanol–water partition coefficient (Wildman–Crippen LogP) is 4.49. The maximum atomic E-state index is 14.1. The average molecular weight is 523 g/mol. The van der Waals surface area contributed by atoms with Gasteiger partial charge >= 0.3 is 5.57 Å². The van der Waals surface area contributed by atoms with Gasteiger partial charge in [0.2, 0.25) is 0 Å². The van der Waals surface area contributed by atoms with Crippen LogP contribution in [0, 0.1) is 0 Å². The van der Waals surface area contributed by atoms with Gasteiger partial charge in [0.25, 0.3) is 0 Å². The van der Waals surface area contributed by atoms with Gasteiger partial charge in [-0.1, -0.05) is 12.2 Å². The summed E-state index contributed by atoms with van der Waals surface area (Å²) in [5, 5.41) is 9.95. The van der Waals surface area contributed by atoms with Crippen molar-refractivity contribution in [3.8, 4) is 5.75 Å². The molecule has 3 aliphatic heterocycles. The van der Waals surface area contributed by atoms with Crippen LogP contribution < -0.4 is 14.5 Å². The summed E-state index contributed by atoms with van der Waals surface area (Å²) in [7, 11) is 2.10. The highest BCUT2D eigenvalue weighted by Gasteiger charge is 2.36. The van der Waals surface area contributed by atoms with Crippen LogP contribution >= 0.6 is 27.5 Å². The summed E-state index contributed by atoms with van der Waals surface area (Å²) >= 11 is 8.32. The van der Waals surface area contributed by atoms with Crippen LogP contribution in [0.5, 0.6) is 5.75 Å². The Hall–Kier alpha value is -1.42. The van der Waals surface area contributed by atoms with Gasteiger partial charge in [-0.3, -0.25) is 4.90 Å². The number of ether oxygens (including phenoxy) is 1. The van der Waals surface area contributed by atoms with Crippen molar-refractivity contribution in [3.63, 3.8) is 0 Å². The molecular weight excluding hydrogens is 499 g/mol. The summed E-state index contributed by atoms with van der Waals surface area (Å²) in [6, 6.07) is 3.38. The summed E-state index contributed by atoms with van der Waals surface area (Å²) in [5.41, 5.74) is -1.56. The Morgan fingerprint density at radius 1 is 1.29 bits per heavy atom. The Bertz CT molecular complexity index is 885. The van der Waals surface area contributed by atoms with E-state index in [4.69, 9.17) is 11.6 Å². The van der Waals surface area contributed by atoms with Crippen molar-refractivity contribution in [2.45, 2.75) is 36.7 Å². The molecule has 1 aromatic rings. The van der Waals surface area contributed by atoms with E-state index < -0.39 is 17.8 Å². The molecular formula is C21H24BrClF3N3O2. The standard InChI is InChI=1S/C21H24BrClF3N3O2/c1-27-8-3-5-15(27)13-4-2-9-28(10-13)16-6-7-18(31-21(23,25)26)19(22)20(16)29-11-14(24)17(30)12-29/h2,4,6-7,10,14-15,17,30H,3,5,8-9,11-12H2,1H3. The summed E-state index contributed by atoms with van der Waals surface area (Å²) in [4.78, 5) is 5.95. The Morgan fingerprint density at radius 3 is 2.68 bits per heavy atom. The van der Waals surface area contributed by atoms with Crippen molar-refractivity contribution < 1.29 is 23.0 Å². The van der Waals surface area contributed by atoms with Gasteiger partial charge in [0, 0.05) is 36.9 Å². The Kier molecular flexibility index (Phi) is 6.49. The minimum atomic E-state index is -3.89. The van der Waals surface area contributed by atoms with Crippen molar-refractivity contribution in [2.24, 2.45) is 0 Å². The number of aliphatic hydroxyl groups excluding tert-OH is 1. The molecule has 0 radical (unpaired) electrons. The molecule has 0 saturated carbocycles. The predicted molar refractivity (Wildman–Crippen MR) is 119 cm³/mol. The van der Waals surface area contributed by atoms with Gasteiger partial charge in [-0.15, -0.1) is 8.78 Å². The summed E-state index contributed by atoms with van der Waals surface area (Å²) in [5.74, 6) is -0.164. The molecule has 170 valence electrons. The number of β-amino-alcohol motifs (C(OH)–C–C–N with tert-alkyl or cyclic N) is 1. The van der Waals surface area contributed by atoms with E-state index in [-0.39, 0.29) is 23.3 Å². The average Bonchev–Trinajstić information content (AvgIpc) is 3.27. The third kappa shape index (κ3) is 4.84. The smallest absolute Gasteiger partial charge is 0.419 e. The quantitative estimate of drug-likeness (QED) is 0.577. The molecule has 4 rings (SSSR count). The number of benzene rings is 1. The van der Waals surface area contributed by atoms with E-state index in [9.17, 15) is 18.3 Å². The lowest BCUT2D eigenvalue weighted by Gasteiger charge is -2.32. The van der Waals surface area contributed by atoms with Crippen LogP contribution in [0.15, 0.2) is 40.5 Å². The minimum Gasteiger partial charge on any atom is -0.419 e. The Morgan fingerprint density at radius 2 is 2.06 bits per heavy atom. The van der Waals surface area contributed by atoms with E-state index >= 15 is 0 Å². The number of anilines is 2. The number of likely N-dealkylation sites (tertiary alicyclic amines) is 1. The van der Waals surface area contributed by atoms with Gasteiger partial charge in [0.15, 0.2) is 0 Å². The molecule has 10 heteroatoms. The van der Waals surface area contributed by atoms with Crippen LogP contribution in [0.1, 0.15) is 12.8 Å². The maximum absolute atomic E-state index is 14.1. The van der Waals surface area contributed by atoms with Crippen LogP contribution in [-0.2, 0) is 0 Å². The SMILES string of the molecule is CN1CCCC1C1=CN(c2ccc(OC(F)(F)Cl)c(Br)c2N2CC(O)C(F)C2)CC=C1. The zero-order chi connectivity index (χ0) is 22.3. The monoisotopic (exact) mass is 521 g/mol. The lowest BCUT2D eigenvalue weighted by molar-refractivity contribution is -0.0968. The molecule has 5 nitrogen and oxygen atoms in total. The summed E-state index contributed by atoms with van der Waals surface area (Å²) < 4.78 is 45.6. The highest BCUT2D eigenvalue weighted by molar-refractivity contribution is 9.10. The number of halogens is 5. The molecule has 1 aromatic carbocycles. The molecule has 3 heterocycles. The highest BCUT2D eigenvalue weighted by atomic mass is 79.9. The molecule has 0 amide bonds. The van der Waals surface area contributed by atoms with Crippen molar-refractivity contribution in [2.75, 3.05) is 43.0 Å². The lowest BCUT2D eigenvalue weighted by atomic mass is 10.0. The number of rotatable bonds is 5. The van der Waals surface area contributed by atoms with Crippen molar-refractivity contribution >= 4 is 38.9 Å². The highest BCUT2D eigenvalue weighted by Crippen LogP contribution is 2.46. The largest absolute Gasteiger partial charge is 0.487 e. The van der Waals surface area contributed by atoms with Crippen LogP contribution in [-0.4, -0.2) is 67.1 Å². The van der Waals surface area contributed by atoms with Gasteiger partial charge in [0.05, 0.1) is 22.4 Å². The number of aliphatic hydroxyl groups is 1. The third-order valence-electron chi connectivity index (χ3n) is 5.95. The Labute approximate surface area is 192 Å². The number of nitrogens with zero attached hydrogens (tertiary/aromatic N) is 3. The first-order valence-electron chi connectivity index (χ1n) is 10.1. The van der Waals surface area contributed by atoms with Gasteiger partial charge in [0.1, 0.15) is 18.0 Å². The molecule has 31 heavy (non-hydrogen) atoms. The first-order chi connectivity index (χ1) is 14.6. The fraction of sp³-hybridized carbons (Fsp3) is 0.524. The maximum Gasteiger partial charge on any atom is 0.487 e. The zero-order valence-electron chi connectivity index (χ0n) is 16.9. The fourth-order valence-electron chi connectivity index (χ4n) is 4.48. The van der Waals surface area contributed by atoms with Crippen molar-refractivity contribution in [1.82, 2.24) is 4.90 Å². The zero-order valence-corrected chi connectivity index (χ0v) is 19.3. The molecule has 3 atom stereocenters. The van der Waals surface area contributed by atoms with Crippen LogP contribution in [0.3, 0.4) is 0 Å². The van der Waals surface area contributed by atoms with E-state index in [2.05, 4.69) is 38.7 Å². The normalized spacial score (nSPS) is 27.2. The first kappa shape index (κ1) is 22.8. The number of hydrogen-bond donors (Lipinski definition) is 1. The summed E-state index contributed by atoms with van der Waals surface area (Å²) in [6.07, 6.45) is 5.82. The van der Waals surface area contributed by atoms with Crippen molar-refractivity contribution in [1.29, 1.82) is 0 Å². The van der Waals surface area contributed by atoms with Gasteiger partial charge in [-0.25, -0.2) is 4.39 Å². The van der Waals surface area contributed by atoms with Gasteiger partial charge in [-0.05, 0) is 60.1 Å². The second-order valence-corrected chi connectivity index (χ2v) is 9.34. The second kappa shape index (κ2) is 8.84. The topological polar surface area (TPSA) is 39.2 Å².